The van der Waals surface area contributed by atoms with Gasteiger partial charge in [0.15, 0.2) is 0 Å². The van der Waals surface area contributed by atoms with Crippen LogP contribution in [0.5, 0.6) is 0 Å². The molecule has 2 atom stereocenters. The molecule has 0 unspecified atom stereocenters. The molecular formula is C20H27ClN2O4. The molecule has 0 bridgehead atoms. The van der Waals surface area contributed by atoms with Gasteiger partial charge in [-0.2, -0.15) is 0 Å². The standard InChI is InChI=1S/C20H27ClN2O4/c1-13(2)19(27-12-15-5-4-10-26-15)20(25)22-17-11-14(7-8-16(17)21)23-9-3-6-18(23)24/h7-8,11,13,15,19H,3-6,9-10,12H2,1-2H3,(H,22,25)/t15-,19-/m0/s1. The molecule has 0 spiro atoms. The summed E-state index contributed by atoms with van der Waals surface area (Å²) in [6.07, 6.45) is 2.86. The van der Waals surface area contributed by atoms with Crippen LogP contribution in [0.1, 0.15) is 39.5 Å². The number of benzene rings is 1. The SMILES string of the molecule is CC(C)[C@H](OC[C@@H]1CCCO1)C(=O)Nc1cc(N2CCCC2=O)ccc1Cl. The second-order valence-electron chi connectivity index (χ2n) is 7.44. The van der Waals surface area contributed by atoms with Crippen molar-refractivity contribution in [2.75, 3.05) is 30.0 Å². The van der Waals surface area contributed by atoms with Crippen molar-refractivity contribution < 1.29 is 19.1 Å². The summed E-state index contributed by atoms with van der Waals surface area (Å²) >= 11 is 6.27. The minimum Gasteiger partial charge on any atom is -0.376 e. The van der Waals surface area contributed by atoms with Crippen molar-refractivity contribution in [3.63, 3.8) is 0 Å². The van der Waals surface area contributed by atoms with Crippen molar-refractivity contribution in [1.82, 2.24) is 0 Å². The lowest BCUT2D eigenvalue weighted by Crippen LogP contribution is -2.37. The summed E-state index contributed by atoms with van der Waals surface area (Å²) in [6.45, 7) is 5.74. The molecule has 148 valence electrons. The first-order valence-electron chi connectivity index (χ1n) is 9.59. The Labute approximate surface area is 165 Å². The summed E-state index contributed by atoms with van der Waals surface area (Å²) in [6, 6.07) is 5.26. The number of nitrogens with one attached hydrogen (secondary N) is 1. The molecule has 3 rings (SSSR count). The van der Waals surface area contributed by atoms with E-state index in [0.29, 0.717) is 30.3 Å². The van der Waals surface area contributed by atoms with Gasteiger partial charge in [-0.15, -0.1) is 0 Å². The van der Waals surface area contributed by atoms with Crippen molar-refractivity contribution in [3.05, 3.63) is 23.2 Å². The van der Waals surface area contributed by atoms with Gasteiger partial charge in [0.2, 0.25) is 5.91 Å². The summed E-state index contributed by atoms with van der Waals surface area (Å²) in [5, 5.41) is 3.30. The second-order valence-corrected chi connectivity index (χ2v) is 7.84. The topological polar surface area (TPSA) is 67.9 Å². The summed E-state index contributed by atoms with van der Waals surface area (Å²) in [5.41, 5.74) is 1.24. The number of carbonyl (C=O) groups excluding carboxylic acids is 2. The van der Waals surface area contributed by atoms with E-state index in [2.05, 4.69) is 5.32 Å². The maximum Gasteiger partial charge on any atom is 0.253 e. The zero-order valence-corrected chi connectivity index (χ0v) is 16.6. The lowest BCUT2D eigenvalue weighted by molar-refractivity contribution is -0.132. The van der Waals surface area contributed by atoms with E-state index in [1.807, 2.05) is 13.8 Å². The number of anilines is 2. The van der Waals surface area contributed by atoms with Gasteiger partial charge in [0.1, 0.15) is 6.10 Å². The van der Waals surface area contributed by atoms with Crippen LogP contribution in [-0.4, -0.2) is 43.8 Å². The molecular weight excluding hydrogens is 368 g/mol. The van der Waals surface area contributed by atoms with E-state index >= 15 is 0 Å². The average molecular weight is 395 g/mol. The van der Waals surface area contributed by atoms with E-state index in [1.165, 1.54) is 0 Å². The first-order chi connectivity index (χ1) is 13.0. The van der Waals surface area contributed by atoms with Gasteiger partial charge in [-0.1, -0.05) is 25.4 Å². The van der Waals surface area contributed by atoms with Gasteiger partial charge in [0.25, 0.3) is 5.91 Å². The van der Waals surface area contributed by atoms with E-state index < -0.39 is 6.10 Å². The fraction of sp³-hybridized carbons (Fsp3) is 0.600. The number of rotatable bonds is 7. The molecule has 27 heavy (non-hydrogen) atoms. The van der Waals surface area contributed by atoms with Crippen molar-refractivity contribution >= 4 is 34.8 Å². The van der Waals surface area contributed by atoms with Crippen LogP contribution in [0.4, 0.5) is 11.4 Å². The van der Waals surface area contributed by atoms with E-state index in [0.717, 1.165) is 31.6 Å². The molecule has 1 aromatic rings. The molecule has 6 nitrogen and oxygen atoms in total. The minimum atomic E-state index is -0.595. The highest BCUT2D eigenvalue weighted by molar-refractivity contribution is 6.34. The van der Waals surface area contributed by atoms with E-state index in [9.17, 15) is 9.59 Å². The van der Waals surface area contributed by atoms with E-state index in [-0.39, 0.29) is 23.8 Å². The zero-order chi connectivity index (χ0) is 19.4. The number of hydrogen-bond acceptors (Lipinski definition) is 4. The molecule has 0 aliphatic carbocycles. The smallest absolute Gasteiger partial charge is 0.253 e. The maximum atomic E-state index is 12.8. The molecule has 2 heterocycles. The highest BCUT2D eigenvalue weighted by Gasteiger charge is 2.27. The summed E-state index contributed by atoms with van der Waals surface area (Å²) in [4.78, 5) is 26.5. The van der Waals surface area contributed by atoms with Crippen LogP contribution < -0.4 is 10.2 Å². The van der Waals surface area contributed by atoms with Crippen LogP contribution in [-0.2, 0) is 19.1 Å². The predicted molar refractivity (Wildman–Crippen MR) is 105 cm³/mol. The quantitative estimate of drug-likeness (QED) is 0.766. The van der Waals surface area contributed by atoms with Gasteiger partial charge in [0.05, 0.1) is 23.4 Å². The van der Waals surface area contributed by atoms with Gasteiger partial charge >= 0.3 is 0 Å². The van der Waals surface area contributed by atoms with Crippen LogP contribution in [0.2, 0.25) is 5.02 Å². The zero-order valence-electron chi connectivity index (χ0n) is 15.9. The highest BCUT2D eigenvalue weighted by Crippen LogP contribution is 2.30. The number of halogens is 1. The number of amides is 2. The molecule has 1 N–H and O–H groups in total. The Balaban J connectivity index is 1.67. The number of ether oxygens (including phenoxy) is 2. The Kier molecular flexibility index (Phi) is 6.73. The Morgan fingerprint density at radius 3 is 2.85 bits per heavy atom. The van der Waals surface area contributed by atoms with E-state index in [4.69, 9.17) is 21.1 Å². The van der Waals surface area contributed by atoms with Crippen LogP contribution in [0.25, 0.3) is 0 Å². The molecule has 7 heteroatoms. The highest BCUT2D eigenvalue weighted by atomic mass is 35.5. The molecule has 0 saturated carbocycles. The Morgan fingerprint density at radius 1 is 1.41 bits per heavy atom. The van der Waals surface area contributed by atoms with Crippen molar-refractivity contribution in [3.8, 4) is 0 Å². The Hall–Kier alpha value is -1.63. The van der Waals surface area contributed by atoms with Crippen molar-refractivity contribution in [1.29, 1.82) is 0 Å². The maximum absolute atomic E-state index is 12.8. The molecule has 2 amide bonds. The van der Waals surface area contributed by atoms with Crippen LogP contribution in [0, 0.1) is 5.92 Å². The third kappa shape index (κ3) is 5.00. The summed E-state index contributed by atoms with van der Waals surface area (Å²) in [5.74, 6) is -0.141. The van der Waals surface area contributed by atoms with Gasteiger partial charge in [-0.25, -0.2) is 0 Å². The molecule has 1 aromatic carbocycles. The Bertz CT molecular complexity index is 689. The number of carbonyl (C=O) groups is 2. The van der Waals surface area contributed by atoms with Crippen molar-refractivity contribution in [2.24, 2.45) is 5.92 Å². The number of hydrogen-bond donors (Lipinski definition) is 1. The van der Waals surface area contributed by atoms with Gasteiger partial charge in [0, 0.05) is 25.3 Å². The summed E-state index contributed by atoms with van der Waals surface area (Å²) in [7, 11) is 0. The first-order valence-corrected chi connectivity index (χ1v) is 9.97. The first kappa shape index (κ1) is 20.1. The molecule has 2 aliphatic rings. The number of nitrogens with zero attached hydrogens (tertiary/aromatic N) is 1. The molecule has 2 fully saturated rings. The third-order valence-corrected chi connectivity index (χ3v) is 5.27. The molecule has 2 aliphatic heterocycles. The minimum absolute atomic E-state index is 0.00789. The fourth-order valence-electron chi connectivity index (χ4n) is 3.46. The van der Waals surface area contributed by atoms with Gasteiger partial charge in [-0.05, 0) is 43.4 Å². The molecule has 0 aromatic heterocycles. The predicted octanol–water partition coefficient (Wildman–Crippen LogP) is 3.63. The monoisotopic (exact) mass is 394 g/mol. The fourth-order valence-corrected chi connectivity index (χ4v) is 3.62. The average Bonchev–Trinajstić information content (AvgIpc) is 3.28. The summed E-state index contributed by atoms with van der Waals surface area (Å²) < 4.78 is 11.4. The molecule has 2 saturated heterocycles. The normalized spacial score (nSPS) is 21.1. The largest absolute Gasteiger partial charge is 0.376 e. The van der Waals surface area contributed by atoms with Crippen LogP contribution in [0.3, 0.4) is 0 Å². The lowest BCUT2D eigenvalue weighted by atomic mass is 10.1. The third-order valence-electron chi connectivity index (χ3n) is 4.94. The lowest BCUT2D eigenvalue weighted by Gasteiger charge is -2.23. The van der Waals surface area contributed by atoms with Crippen LogP contribution >= 0.6 is 11.6 Å². The van der Waals surface area contributed by atoms with Crippen molar-refractivity contribution in [2.45, 2.75) is 51.7 Å². The Morgan fingerprint density at radius 2 is 2.22 bits per heavy atom. The van der Waals surface area contributed by atoms with Crippen LogP contribution in [0.15, 0.2) is 18.2 Å². The van der Waals surface area contributed by atoms with E-state index in [1.54, 1.807) is 23.1 Å². The second kappa shape index (κ2) is 9.04. The van der Waals surface area contributed by atoms with Gasteiger partial charge < -0.3 is 19.7 Å². The molecule has 0 radical (unpaired) electrons. The van der Waals surface area contributed by atoms with Gasteiger partial charge in [-0.3, -0.25) is 9.59 Å².